The van der Waals surface area contributed by atoms with Crippen molar-refractivity contribution >= 4 is 22.3 Å². The van der Waals surface area contributed by atoms with E-state index < -0.39 is 5.97 Å². The first-order valence-electron chi connectivity index (χ1n) is 9.69. The monoisotopic (exact) mass is 432 g/mol. The number of rotatable bonds is 9. The smallest absolute Gasteiger partial charge is 0.338 e. The van der Waals surface area contributed by atoms with Crippen molar-refractivity contribution in [2.24, 2.45) is 0 Å². The number of hydrogen-bond acceptors (Lipinski definition) is 8. The molecule has 0 bridgehead atoms. The van der Waals surface area contributed by atoms with Crippen molar-refractivity contribution in [2.45, 2.75) is 34.3 Å². The Bertz CT molecular complexity index is 1080. The second-order valence-corrected chi connectivity index (χ2v) is 7.47. The number of hydrogen-bond donors (Lipinski definition) is 0. The average molecular weight is 432 g/mol. The molecular weight excluding hydrogens is 408 g/mol. The molecule has 3 rings (SSSR count). The fourth-order valence-electron chi connectivity index (χ4n) is 2.86. The highest BCUT2D eigenvalue weighted by Crippen LogP contribution is 2.39. The van der Waals surface area contributed by atoms with Gasteiger partial charge in [-0.25, -0.2) is 9.78 Å². The molecule has 3 aromatic rings. The van der Waals surface area contributed by atoms with Crippen LogP contribution in [-0.2, 0) is 11.3 Å². The van der Waals surface area contributed by atoms with Crippen LogP contribution in [0.2, 0.25) is 0 Å². The molecule has 0 spiro atoms. The van der Waals surface area contributed by atoms with Crippen molar-refractivity contribution in [1.29, 1.82) is 0 Å². The van der Waals surface area contributed by atoms with E-state index in [1.54, 1.807) is 18.3 Å². The Morgan fingerprint density at radius 1 is 1.03 bits per heavy atom. The summed E-state index contributed by atoms with van der Waals surface area (Å²) < 4.78 is 23.8. The van der Waals surface area contributed by atoms with E-state index in [2.05, 4.69) is 4.98 Å². The SMILES string of the molecule is CCOc1cc(C(=O)OCc2cc(=O)n3cc(C)sc3n2)cc(OCC)c1OCC. The van der Waals surface area contributed by atoms with Gasteiger partial charge in [0.2, 0.25) is 5.75 Å². The van der Waals surface area contributed by atoms with Gasteiger partial charge < -0.3 is 18.9 Å². The fourth-order valence-corrected chi connectivity index (χ4v) is 3.71. The van der Waals surface area contributed by atoms with E-state index in [4.69, 9.17) is 18.9 Å². The highest BCUT2D eigenvalue weighted by atomic mass is 32.1. The number of ether oxygens (including phenoxy) is 4. The lowest BCUT2D eigenvalue weighted by Crippen LogP contribution is -2.15. The van der Waals surface area contributed by atoms with Crippen molar-refractivity contribution in [3.05, 3.63) is 50.9 Å². The van der Waals surface area contributed by atoms with Crippen molar-refractivity contribution in [2.75, 3.05) is 19.8 Å². The highest BCUT2D eigenvalue weighted by Gasteiger charge is 2.19. The number of aromatic nitrogens is 2. The number of benzene rings is 1. The third-order valence-electron chi connectivity index (χ3n) is 4.03. The molecule has 8 nitrogen and oxygen atoms in total. The molecule has 0 aliphatic rings. The topological polar surface area (TPSA) is 88.4 Å². The van der Waals surface area contributed by atoms with Gasteiger partial charge in [0.1, 0.15) is 6.61 Å². The van der Waals surface area contributed by atoms with E-state index in [0.29, 0.717) is 47.7 Å². The molecule has 1 aromatic carbocycles. The lowest BCUT2D eigenvalue weighted by atomic mass is 10.2. The van der Waals surface area contributed by atoms with E-state index in [1.165, 1.54) is 21.8 Å². The normalized spacial score (nSPS) is 10.8. The minimum Gasteiger partial charge on any atom is -0.490 e. The number of nitrogens with zero attached hydrogens (tertiary/aromatic N) is 2. The Labute approximate surface area is 178 Å². The van der Waals surface area contributed by atoms with E-state index in [0.717, 1.165) is 4.88 Å². The van der Waals surface area contributed by atoms with E-state index in [-0.39, 0.29) is 17.7 Å². The maximum atomic E-state index is 12.7. The Kier molecular flexibility index (Phi) is 6.94. The summed E-state index contributed by atoms with van der Waals surface area (Å²) in [5.74, 6) is 0.684. The zero-order valence-corrected chi connectivity index (χ0v) is 18.2. The Hall–Kier alpha value is -3.07. The minimum absolute atomic E-state index is 0.122. The van der Waals surface area contributed by atoms with Crippen molar-refractivity contribution in [1.82, 2.24) is 9.38 Å². The van der Waals surface area contributed by atoms with Crippen molar-refractivity contribution in [3.8, 4) is 17.2 Å². The molecule has 160 valence electrons. The van der Waals surface area contributed by atoms with E-state index >= 15 is 0 Å². The lowest BCUT2D eigenvalue weighted by Gasteiger charge is -2.16. The molecule has 0 aliphatic heterocycles. The molecule has 0 unspecified atom stereocenters. The van der Waals surface area contributed by atoms with Crippen LogP contribution in [0.25, 0.3) is 4.96 Å². The first-order chi connectivity index (χ1) is 14.5. The summed E-state index contributed by atoms with van der Waals surface area (Å²) in [5.41, 5.74) is 0.431. The summed E-state index contributed by atoms with van der Waals surface area (Å²) >= 11 is 1.40. The molecule has 0 amide bonds. The molecule has 30 heavy (non-hydrogen) atoms. The molecule has 2 aromatic heterocycles. The summed E-state index contributed by atoms with van der Waals surface area (Å²) in [6, 6.07) is 4.49. The van der Waals surface area contributed by atoms with Crippen LogP contribution in [-0.4, -0.2) is 35.2 Å². The van der Waals surface area contributed by atoms with Crippen LogP contribution in [0.5, 0.6) is 17.2 Å². The van der Waals surface area contributed by atoms with Gasteiger partial charge in [-0.2, -0.15) is 0 Å². The number of thiazole rings is 1. The second-order valence-electron chi connectivity index (χ2n) is 6.26. The predicted molar refractivity (Wildman–Crippen MR) is 113 cm³/mol. The molecule has 2 heterocycles. The Morgan fingerprint density at radius 3 is 2.27 bits per heavy atom. The summed E-state index contributed by atoms with van der Waals surface area (Å²) in [6.07, 6.45) is 1.73. The number of aryl methyl sites for hydroxylation is 1. The average Bonchev–Trinajstić information content (AvgIpc) is 3.09. The van der Waals surface area contributed by atoms with E-state index in [9.17, 15) is 9.59 Å². The molecule has 0 N–H and O–H groups in total. The van der Waals surface area contributed by atoms with Gasteiger partial charge in [0.05, 0.1) is 31.1 Å². The van der Waals surface area contributed by atoms with Gasteiger partial charge in [-0.1, -0.05) is 0 Å². The predicted octanol–water partition coefficient (Wildman–Crippen LogP) is 3.62. The summed E-state index contributed by atoms with van der Waals surface area (Å²) in [4.78, 5) is 30.8. The van der Waals surface area contributed by atoms with Crippen LogP contribution in [0.3, 0.4) is 0 Å². The van der Waals surface area contributed by atoms with Crippen LogP contribution in [0.15, 0.2) is 29.2 Å². The zero-order valence-electron chi connectivity index (χ0n) is 17.4. The zero-order chi connectivity index (χ0) is 21.7. The molecule has 0 fully saturated rings. The molecular formula is C21H24N2O6S. The highest BCUT2D eigenvalue weighted by molar-refractivity contribution is 7.16. The molecule has 0 radical (unpaired) electrons. The van der Waals surface area contributed by atoms with Gasteiger partial charge in [-0.05, 0) is 39.8 Å². The molecule has 0 saturated heterocycles. The molecule has 0 atom stereocenters. The number of fused-ring (bicyclic) bond motifs is 1. The second kappa shape index (κ2) is 9.62. The largest absolute Gasteiger partial charge is 0.490 e. The Balaban J connectivity index is 1.84. The lowest BCUT2D eigenvalue weighted by molar-refractivity contribution is 0.0466. The first-order valence-corrected chi connectivity index (χ1v) is 10.5. The fraction of sp³-hybridized carbons (Fsp3) is 0.381. The van der Waals surface area contributed by atoms with Crippen LogP contribution in [0, 0.1) is 6.92 Å². The van der Waals surface area contributed by atoms with Gasteiger partial charge in [0, 0.05) is 17.1 Å². The van der Waals surface area contributed by atoms with Crippen molar-refractivity contribution in [3.63, 3.8) is 0 Å². The van der Waals surface area contributed by atoms with Gasteiger partial charge in [-0.15, -0.1) is 11.3 Å². The summed E-state index contributed by atoms with van der Waals surface area (Å²) in [6.45, 7) is 8.54. The quantitative estimate of drug-likeness (QED) is 0.477. The van der Waals surface area contributed by atoms with Crippen LogP contribution < -0.4 is 19.8 Å². The maximum absolute atomic E-state index is 12.7. The van der Waals surface area contributed by atoms with E-state index in [1.807, 2.05) is 27.7 Å². The summed E-state index contributed by atoms with van der Waals surface area (Å²) in [7, 11) is 0. The number of esters is 1. The number of carbonyl (C=O) groups is 1. The molecule has 0 aliphatic carbocycles. The van der Waals surface area contributed by atoms with Gasteiger partial charge >= 0.3 is 5.97 Å². The standard InChI is InChI=1S/C21H24N2O6S/c1-5-26-16-8-14(9-17(27-6-2)19(16)28-7-3)20(25)29-12-15-10-18(24)23-11-13(4)30-21(23)22-15/h8-11H,5-7,12H2,1-4H3. The molecule has 9 heteroatoms. The van der Waals surface area contributed by atoms with Crippen molar-refractivity contribution < 1.29 is 23.7 Å². The first kappa shape index (κ1) is 21.6. The van der Waals surface area contributed by atoms with Crippen LogP contribution in [0.4, 0.5) is 0 Å². The van der Waals surface area contributed by atoms with Crippen LogP contribution >= 0.6 is 11.3 Å². The van der Waals surface area contributed by atoms with Crippen LogP contribution in [0.1, 0.15) is 41.7 Å². The summed E-state index contributed by atoms with van der Waals surface area (Å²) in [5, 5.41) is 0. The van der Waals surface area contributed by atoms with Gasteiger partial charge in [0.25, 0.3) is 5.56 Å². The Morgan fingerprint density at radius 2 is 1.67 bits per heavy atom. The minimum atomic E-state index is -0.579. The third kappa shape index (κ3) is 4.73. The number of carbonyl (C=O) groups excluding carboxylic acids is 1. The van der Waals surface area contributed by atoms with Gasteiger partial charge in [-0.3, -0.25) is 9.20 Å². The van der Waals surface area contributed by atoms with Gasteiger partial charge in [0.15, 0.2) is 16.5 Å². The maximum Gasteiger partial charge on any atom is 0.338 e. The third-order valence-corrected chi connectivity index (χ3v) is 4.93. The molecule has 0 saturated carbocycles.